The number of nitrogens with one attached hydrogen (secondary N) is 1. The van der Waals surface area contributed by atoms with E-state index in [-0.39, 0.29) is 0 Å². The topological polar surface area (TPSA) is 12.0 Å². The Morgan fingerprint density at radius 3 is 2.25 bits per heavy atom. The lowest BCUT2D eigenvalue weighted by Gasteiger charge is -2.23. The van der Waals surface area contributed by atoms with Gasteiger partial charge in [0.2, 0.25) is 0 Å². The normalized spacial score (nSPS) is 13.8. The van der Waals surface area contributed by atoms with Crippen molar-refractivity contribution >= 4 is 5.69 Å². The molecular formula is C19H25N. The fraction of sp³-hybridized carbons (Fsp3) is 0.368. The van der Waals surface area contributed by atoms with E-state index >= 15 is 0 Å². The molecule has 2 atom stereocenters. The highest BCUT2D eigenvalue weighted by molar-refractivity contribution is 5.53. The van der Waals surface area contributed by atoms with Gasteiger partial charge in [0.25, 0.3) is 0 Å². The average molecular weight is 267 g/mol. The predicted octanol–water partition coefficient (Wildman–Crippen LogP) is 5.12. The van der Waals surface area contributed by atoms with Crippen LogP contribution in [-0.2, 0) is 6.42 Å². The Morgan fingerprint density at radius 1 is 0.900 bits per heavy atom. The molecule has 0 heterocycles. The Kier molecular flexibility index (Phi) is 5.23. The minimum Gasteiger partial charge on any atom is -0.382 e. The van der Waals surface area contributed by atoms with Crippen molar-refractivity contribution in [1.29, 1.82) is 0 Å². The van der Waals surface area contributed by atoms with E-state index in [0.717, 1.165) is 6.42 Å². The molecule has 0 aromatic heterocycles. The minimum absolute atomic E-state index is 0.497. The molecule has 0 fully saturated rings. The first-order valence-electron chi connectivity index (χ1n) is 7.59. The van der Waals surface area contributed by atoms with Crippen molar-refractivity contribution in [2.75, 3.05) is 5.32 Å². The maximum atomic E-state index is 3.68. The van der Waals surface area contributed by atoms with Crippen LogP contribution in [0.15, 0.2) is 54.6 Å². The molecule has 0 aliphatic heterocycles. The molecule has 1 N–H and O–H groups in total. The molecule has 106 valence electrons. The van der Waals surface area contributed by atoms with E-state index in [9.17, 15) is 0 Å². The van der Waals surface area contributed by atoms with Gasteiger partial charge in [-0.05, 0) is 36.5 Å². The number of benzene rings is 2. The lowest BCUT2D eigenvalue weighted by molar-refractivity contribution is 0.494. The molecule has 2 rings (SSSR count). The molecule has 0 aliphatic carbocycles. The van der Waals surface area contributed by atoms with Gasteiger partial charge in [0.05, 0.1) is 0 Å². The number of hydrogen-bond donors (Lipinski definition) is 1. The first-order chi connectivity index (χ1) is 9.70. The summed E-state index contributed by atoms with van der Waals surface area (Å²) in [4.78, 5) is 0. The van der Waals surface area contributed by atoms with Gasteiger partial charge < -0.3 is 5.32 Å². The first-order valence-corrected chi connectivity index (χ1v) is 7.59. The molecule has 0 bridgehead atoms. The van der Waals surface area contributed by atoms with Crippen LogP contribution in [0.25, 0.3) is 0 Å². The van der Waals surface area contributed by atoms with Gasteiger partial charge >= 0.3 is 0 Å². The molecule has 0 saturated carbocycles. The smallest absolute Gasteiger partial charge is 0.0378 e. The molecule has 0 radical (unpaired) electrons. The summed E-state index contributed by atoms with van der Waals surface area (Å²) in [7, 11) is 0. The van der Waals surface area contributed by atoms with E-state index in [4.69, 9.17) is 0 Å². The van der Waals surface area contributed by atoms with Crippen molar-refractivity contribution in [3.63, 3.8) is 0 Å². The zero-order valence-electron chi connectivity index (χ0n) is 12.8. The van der Waals surface area contributed by atoms with Crippen LogP contribution in [-0.4, -0.2) is 6.04 Å². The number of anilines is 1. The summed E-state index contributed by atoms with van der Waals surface area (Å²) >= 11 is 0. The number of rotatable bonds is 6. The van der Waals surface area contributed by atoms with Gasteiger partial charge in [-0.3, -0.25) is 0 Å². The fourth-order valence-electron chi connectivity index (χ4n) is 2.37. The number of para-hydroxylation sites is 1. The van der Waals surface area contributed by atoms with Crippen LogP contribution in [0.5, 0.6) is 0 Å². The van der Waals surface area contributed by atoms with Crippen molar-refractivity contribution in [2.24, 2.45) is 5.92 Å². The molecular weight excluding hydrogens is 242 g/mol. The van der Waals surface area contributed by atoms with Gasteiger partial charge in [-0.1, -0.05) is 68.8 Å². The highest BCUT2D eigenvalue weighted by Crippen LogP contribution is 2.22. The molecule has 2 aromatic carbocycles. The quantitative estimate of drug-likeness (QED) is 0.765. The van der Waals surface area contributed by atoms with Crippen molar-refractivity contribution in [2.45, 2.75) is 39.7 Å². The zero-order chi connectivity index (χ0) is 14.4. The molecule has 0 spiro atoms. The van der Waals surface area contributed by atoms with Crippen molar-refractivity contribution in [1.82, 2.24) is 0 Å². The highest BCUT2D eigenvalue weighted by Gasteiger charge is 2.11. The van der Waals surface area contributed by atoms with E-state index in [1.54, 1.807) is 0 Å². The van der Waals surface area contributed by atoms with Crippen LogP contribution < -0.4 is 5.32 Å². The maximum absolute atomic E-state index is 3.68. The molecule has 1 heteroatoms. The summed E-state index contributed by atoms with van der Waals surface area (Å²) in [6.07, 6.45) is 2.19. The Morgan fingerprint density at radius 2 is 1.55 bits per heavy atom. The van der Waals surface area contributed by atoms with Gasteiger partial charge in [0.1, 0.15) is 0 Å². The van der Waals surface area contributed by atoms with E-state index in [0.29, 0.717) is 12.0 Å². The van der Waals surface area contributed by atoms with E-state index in [1.165, 1.54) is 23.2 Å². The second kappa shape index (κ2) is 7.14. The van der Waals surface area contributed by atoms with E-state index in [2.05, 4.69) is 80.7 Å². The summed E-state index contributed by atoms with van der Waals surface area (Å²) in [6.45, 7) is 6.82. The van der Waals surface area contributed by atoms with E-state index in [1.807, 2.05) is 0 Å². The third-order valence-corrected chi connectivity index (χ3v) is 4.14. The molecule has 1 nitrogen and oxygen atoms in total. The predicted molar refractivity (Wildman–Crippen MR) is 88.2 cm³/mol. The van der Waals surface area contributed by atoms with Crippen LogP contribution in [0.3, 0.4) is 0 Å². The Labute approximate surface area is 123 Å². The van der Waals surface area contributed by atoms with Gasteiger partial charge in [0, 0.05) is 11.7 Å². The van der Waals surface area contributed by atoms with Crippen LogP contribution >= 0.6 is 0 Å². The summed E-state index contributed by atoms with van der Waals surface area (Å²) in [5.74, 6) is 0.680. The highest BCUT2D eigenvalue weighted by atomic mass is 14.9. The summed E-state index contributed by atoms with van der Waals surface area (Å²) < 4.78 is 0. The Balaban J connectivity index is 2.14. The molecule has 1 unspecified atom stereocenters. The van der Waals surface area contributed by atoms with Crippen molar-refractivity contribution < 1.29 is 0 Å². The van der Waals surface area contributed by atoms with E-state index < -0.39 is 0 Å². The lowest BCUT2D eigenvalue weighted by atomic mass is 9.98. The number of hydrogen-bond acceptors (Lipinski definition) is 1. The van der Waals surface area contributed by atoms with Gasteiger partial charge in [-0.25, -0.2) is 0 Å². The first kappa shape index (κ1) is 14.6. The fourth-order valence-corrected chi connectivity index (χ4v) is 2.37. The monoisotopic (exact) mass is 267 g/mol. The largest absolute Gasteiger partial charge is 0.382 e. The molecule has 20 heavy (non-hydrogen) atoms. The maximum Gasteiger partial charge on any atom is 0.0378 e. The van der Waals surface area contributed by atoms with Crippen LogP contribution in [0.4, 0.5) is 5.69 Å². The average Bonchev–Trinajstić information content (AvgIpc) is 2.49. The molecule has 0 aliphatic rings. The third kappa shape index (κ3) is 3.86. The van der Waals surface area contributed by atoms with Gasteiger partial charge in [-0.15, -0.1) is 0 Å². The second-order valence-corrected chi connectivity index (χ2v) is 5.64. The van der Waals surface area contributed by atoms with Crippen molar-refractivity contribution in [3.8, 4) is 0 Å². The molecule has 0 saturated heterocycles. The summed E-state index contributed by atoms with van der Waals surface area (Å²) in [5.41, 5.74) is 4.00. The zero-order valence-corrected chi connectivity index (χ0v) is 12.8. The third-order valence-electron chi connectivity index (χ3n) is 4.14. The minimum atomic E-state index is 0.497. The Bertz CT molecular complexity index is 518. The second-order valence-electron chi connectivity index (χ2n) is 5.64. The van der Waals surface area contributed by atoms with Crippen LogP contribution in [0.2, 0.25) is 0 Å². The van der Waals surface area contributed by atoms with Crippen LogP contribution in [0.1, 0.15) is 38.3 Å². The standard InChI is InChI=1S/C19H25N/c1-4-15(2)16(3)20-19-13-9-8-12-18(19)14-17-10-6-5-7-11-17/h5-13,15-16,20H,4,14H2,1-3H3/t15-,16?/m1/s1. The van der Waals surface area contributed by atoms with Crippen molar-refractivity contribution in [3.05, 3.63) is 65.7 Å². The van der Waals surface area contributed by atoms with Crippen LogP contribution in [0, 0.1) is 5.92 Å². The summed E-state index contributed by atoms with van der Waals surface area (Å²) in [5, 5.41) is 3.68. The summed E-state index contributed by atoms with van der Waals surface area (Å²) in [6, 6.07) is 19.8. The SMILES string of the molecule is CC[C@@H](C)C(C)Nc1ccccc1Cc1ccccc1. The molecule has 2 aromatic rings. The van der Waals surface area contributed by atoms with Gasteiger partial charge in [0.15, 0.2) is 0 Å². The Hall–Kier alpha value is -1.76. The molecule has 0 amide bonds. The lowest BCUT2D eigenvalue weighted by Crippen LogP contribution is -2.23. The van der Waals surface area contributed by atoms with Gasteiger partial charge in [-0.2, -0.15) is 0 Å².